The molecule has 1 heterocycles. The Morgan fingerprint density at radius 1 is 1.24 bits per heavy atom. The Hall–Kier alpha value is -2.57. The van der Waals surface area contributed by atoms with E-state index in [1.165, 1.54) is 16.8 Å². The minimum atomic E-state index is -1.21. The highest BCUT2D eigenvalue weighted by molar-refractivity contribution is 6.47. The molecule has 0 aliphatic heterocycles. The van der Waals surface area contributed by atoms with Crippen molar-refractivity contribution in [2.75, 3.05) is 5.32 Å². The third kappa shape index (κ3) is 2.67. The first-order valence-electron chi connectivity index (χ1n) is 6.12. The van der Waals surface area contributed by atoms with Gasteiger partial charge in [0.05, 0.1) is 16.9 Å². The number of nitrogens with one attached hydrogen (secondary N) is 1. The summed E-state index contributed by atoms with van der Waals surface area (Å²) in [7, 11) is 1.64. The Morgan fingerprint density at radius 2 is 1.90 bits per heavy atom. The summed E-state index contributed by atoms with van der Waals surface area (Å²) in [5.74, 6) is -4.20. The summed E-state index contributed by atoms with van der Waals surface area (Å²) < 4.78 is 28.0. The molecule has 0 unspecified atom stereocenters. The first-order chi connectivity index (χ1) is 9.82. The van der Waals surface area contributed by atoms with Gasteiger partial charge in [0.25, 0.3) is 11.7 Å². The van der Waals surface area contributed by atoms with Gasteiger partial charge in [-0.05, 0) is 26.0 Å². The standard InChI is InChI=1S/C14H13F2N3O2/c1-7-11(8(2)19(3)18-7)13(20)14(21)17-10-6-4-5-9(15)12(10)16/h4-6H,1-3H3,(H,17,21). The average Bonchev–Trinajstić information content (AvgIpc) is 2.68. The molecule has 5 nitrogen and oxygen atoms in total. The molecular weight excluding hydrogens is 280 g/mol. The van der Waals surface area contributed by atoms with Crippen molar-refractivity contribution in [2.45, 2.75) is 13.8 Å². The van der Waals surface area contributed by atoms with Gasteiger partial charge in [0.15, 0.2) is 11.6 Å². The van der Waals surface area contributed by atoms with Crippen LogP contribution in [0.4, 0.5) is 14.5 Å². The zero-order valence-corrected chi connectivity index (χ0v) is 11.7. The van der Waals surface area contributed by atoms with Gasteiger partial charge in [0.1, 0.15) is 0 Å². The van der Waals surface area contributed by atoms with Crippen molar-refractivity contribution in [1.82, 2.24) is 9.78 Å². The lowest BCUT2D eigenvalue weighted by molar-refractivity contribution is -0.112. The van der Waals surface area contributed by atoms with Gasteiger partial charge in [-0.2, -0.15) is 5.10 Å². The fourth-order valence-electron chi connectivity index (χ4n) is 2.00. The molecule has 0 saturated carbocycles. The third-order valence-corrected chi connectivity index (χ3v) is 3.14. The largest absolute Gasteiger partial charge is 0.316 e. The van der Waals surface area contributed by atoms with Gasteiger partial charge >= 0.3 is 0 Å². The van der Waals surface area contributed by atoms with Crippen molar-refractivity contribution in [3.8, 4) is 0 Å². The first-order valence-corrected chi connectivity index (χ1v) is 6.12. The topological polar surface area (TPSA) is 64.0 Å². The summed E-state index contributed by atoms with van der Waals surface area (Å²) in [5.41, 5.74) is 0.696. The molecule has 0 aliphatic rings. The lowest BCUT2D eigenvalue weighted by atomic mass is 10.1. The monoisotopic (exact) mass is 293 g/mol. The summed E-state index contributed by atoms with van der Waals surface area (Å²) in [6.45, 7) is 3.24. The van der Waals surface area contributed by atoms with Crippen molar-refractivity contribution in [1.29, 1.82) is 0 Å². The maximum atomic E-state index is 13.5. The fourth-order valence-corrected chi connectivity index (χ4v) is 2.00. The van der Waals surface area contributed by atoms with E-state index in [1.807, 2.05) is 0 Å². The Bertz CT molecular complexity index is 738. The molecule has 0 fully saturated rings. The van der Waals surface area contributed by atoms with Crippen LogP contribution in [-0.4, -0.2) is 21.5 Å². The van der Waals surface area contributed by atoms with E-state index >= 15 is 0 Å². The van der Waals surface area contributed by atoms with Gasteiger partial charge < -0.3 is 5.32 Å². The fraction of sp³-hybridized carbons (Fsp3) is 0.214. The van der Waals surface area contributed by atoms with E-state index in [0.29, 0.717) is 11.4 Å². The highest BCUT2D eigenvalue weighted by atomic mass is 19.2. The van der Waals surface area contributed by atoms with E-state index in [0.717, 1.165) is 6.07 Å². The number of rotatable bonds is 3. The number of aryl methyl sites for hydroxylation is 2. The SMILES string of the molecule is Cc1nn(C)c(C)c1C(=O)C(=O)Nc1cccc(F)c1F. The van der Waals surface area contributed by atoms with Crippen LogP contribution in [0, 0.1) is 25.5 Å². The molecule has 0 radical (unpaired) electrons. The van der Waals surface area contributed by atoms with Crippen molar-refractivity contribution in [2.24, 2.45) is 7.05 Å². The van der Waals surface area contributed by atoms with Crippen LogP contribution < -0.4 is 5.32 Å². The minimum Gasteiger partial charge on any atom is -0.316 e. The van der Waals surface area contributed by atoms with Crippen LogP contribution >= 0.6 is 0 Å². The van der Waals surface area contributed by atoms with E-state index in [1.54, 1.807) is 20.9 Å². The number of hydrogen-bond donors (Lipinski definition) is 1. The lowest BCUT2D eigenvalue weighted by Crippen LogP contribution is -2.24. The van der Waals surface area contributed by atoms with Crippen molar-refractivity contribution < 1.29 is 18.4 Å². The highest BCUT2D eigenvalue weighted by Crippen LogP contribution is 2.18. The van der Waals surface area contributed by atoms with Crippen molar-refractivity contribution in [3.05, 3.63) is 46.8 Å². The maximum Gasteiger partial charge on any atom is 0.296 e. The van der Waals surface area contributed by atoms with Crippen LogP contribution in [0.2, 0.25) is 0 Å². The molecule has 0 bridgehead atoms. The van der Waals surface area contributed by atoms with E-state index in [2.05, 4.69) is 10.4 Å². The van der Waals surface area contributed by atoms with Crippen LogP contribution in [-0.2, 0) is 11.8 Å². The molecule has 2 rings (SSSR count). The molecule has 2 aromatic rings. The zero-order valence-electron chi connectivity index (χ0n) is 11.7. The molecule has 110 valence electrons. The van der Waals surface area contributed by atoms with Gasteiger partial charge in [0, 0.05) is 12.7 Å². The molecule has 0 saturated heterocycles. The average molecular weight is 293 g/mol. The number of amides is 1. The smallest absolute Gasteiger partial charge is 0.296 e. The second kappa shape index (κ2) is 5.43. The molecule has 1 N–H and O–H groups in total. The Balaban J connectivity index is 2.28. The van der Waals surface area contributed by atoms with Crippen LogP contribution in [0.1, 0.15) is 21.7 Å². The quantitative estimate of drug-likeness (QED) is 0.696. The summed E-state index contributed by atoms with van der Waals surface area (Å²) in [6.07, 6.45) is 0. The maximum absolute atomic E-state index is 13.5. The number of aromatic nitrogens is 2. The minimum absolute atomic E-state index is 0.159. The predicted octanol–water partition coefficient (Wildman–Crippen LogP) is 2.14. The van der Waals surface area contributed by atoms with Crippen molar-refractivity contribution >= 4 is 17.4 Å². The lowest BCUT2D eigenvalue weighted by Gasteiger charge is -2.06. The summed E-state index contributed by atoms with van der Waals surface area (Å²) in [4.78, 5) is 24.0. The summed E-state index contributed by atoms with van der Waals surface area (Å²) in [6, 6.07) is 3.33. The first kappa shape index (κ1) is 14.8. The number of Topliss-reactive ketones (excluding diaryl/α,β-unsaturated/α-hetero) is 1. The molecule has 1 amide bonds. The Morgan fingerprint density at radius 3 is 2.48 bits per heavy atom. The molecule has 0 aliphatic carbocycles. The number of carbonyl (C=O) groups excluding carboxylic acids is 2. The third-order valence-electron chi connectivity index (χ3n) is 3.14. The van der Waals surface area contributed by atoms with E-state index < -0.39 is 23.3 Å². The number of benzene rings is 1. The summed E-state index contributed by atoms with van der Waals surface area (Å²) >= 11 is 0. The van der Waals surface area contributed by atoms with Gasteiger partial charge in [-0.3, -0.25) is 14.3 Å². The van der Waals surface area contributed by atoms with Gasteiger partial charge in [0.2, 0.25) is 0 Å². The van der Waals surface area contributed by atoms with E-state index in [9.17, 15) is 18.4 Å². The van der Waals surface area contributed by atoms with Gasteiger partial charge in [-0.25, -0.2) is 8.78 Å². The molecule has 0 spiro atoms. The van der Waals surface area contributed by atoms with Crippen LogP contribution in [0.25, 0.3) is 0 Å². The predicted molar refractivity (Wildman–Crippen MR) is 72.0 cm³/mol. The van der Waals surface area contributed by atoms with E-state index in [-0.39, 0.29) is 11.3 Å². The molecule has 1 aromatic carbocycles. The number of halogens is 2. The number of carbonyl (C=O) groups is 2. The molecule has 0 atom stereocenters. The Kier molecular flexibility index (Phi) is 3.84. The second-order valence-corrected chi connectivity index (χ2v) is 4.55. The van der Waals surface area contributed by atoms with Gasteiger partial charge in [-0.1, -0.05) is 6.07 Å². The van der Waals surface area contributed by atoms with Crippen LogP contribution in [0.3, 0.4) is 0 Å². The molecule has 7 heteroatoms. The molecular formula is C14H13F2N3O2. The van der Waals surface area contributed by atoms with Gasteiger partial charge in [-0.15, -0.1) is 0 Å². The number of nitrogens with zero attached hydrogens (tertiary/aromatic N) is 2. The highest BCUT2D eigenvalue weighted by Gasteiger charge is 2.24. The zero-order chi connectivity index (χ0) is 15.7. The normalized spacial score (nSPS) is 10.5. The second-order valence-electron chi connectivity index (χ2n) is 4.55. The van der Waals surface area contributed by atoms with Crippen LogP contribution in [0.5, 0.6) is 0 Å². The van der Waals surface area contributed by atoms with E-state index in [4.69, 9.17) is 0 Å². The number of anilines is 1. The van der Waals surface area contributed by atoms with Crippen molar-refractivity contribution in [3.63, 3.8) is 0 Å². The molecule has 21 heavy (non-hydrogen) atoms. The number of ketones is 1. The summed E-state index contributed by atoms with van der Waals surface area (Å²) in [5, 5.41) is 6.11. The number of hydrogen-bond acceptors (Lipinski definition) is 3. The molecule has 1 aromatic heterocycles. The Labute approximate surface area is 119 Å². The van der Waals surface area contributed by atoms with Crippen LogP contribution in [0.15, 0.2) is 18.2 Å².